The van der Waals surface area contributed by atoms with Gasteiger partial charge in [-0.25, -0.2) is 0 Å². The fourth-order valence-electron chi connectivity index (χ4n) is 1.68. The zero-order chi connectivity index (χ0) is 16.0. The zero-order valence-electron chi connectivity index (χ0n) is 11.3. The Kier molecular flexibility index (Phi) is 4.79. The van der Waals surface area contributed by atoms with Gasteiger partial charge in [0.2, 0.25) is 0 Å². The molecule has 0 fully saturated rings. The van der Waals surface area contributed by atoms with Gasteiger partial charge in [0.15, 0.2) is 6.61 Å². The van der Waals surface area contributed by atoms with Gasteiger partial charge in [-0.3, -0.25) is 4.98 Å². The summed E-state index contributed by atoms with van der Waals surface area (Å²) < 4.78 is 40.8. The molecule has 22 heavy (non-hydrogen) atoms. The Bertz CT molecular complexity index is 686. The monoisotopic (exact) mass is 304 g/mol. The van der Waals surface area contributed by atoms with Crippen molar-refractivity contribution in [1.82, 2.24) is 4.98 Å². The topological polar surface area (TPSA) is 45.9 Å². The SMILES string of the molecule is N#C/C(=C/c1ccc(OCC(F)(F)F)cc1)c1ccccn1. The number of ether oxygens (including phenoxy) is 1. The fraction of sp³-hybridized carbons (Fsp3) is 0.125. The molecule has 112 valence electrons. The maximum absolute atomic E-state index is 12.0. The molecule has 6 heteroatoms. The summed E-state index contributed by atoms with van der Waals surface area (Å²) in [5, 5.41) is 9.16. The number of rotatable bonds is 4. The van der Waals surface area contributed by atoms with Gasteiger partial charge in [0, 0.05) is 6.20 Å². The first-order valence-corrected chi connectivity index (χ1v) is 6.31. The number of halogens is 3. The van der Waals surface area contributed by atoms with E-state index in [1.165, 1.54) is 12.1 Å². The van der Waals surface area contributed by atoms with Crippen molar-refractivity contribution in [3.05, 3.63) is 59.9 Å². The van der Waals surface area contributed by atoms with Gasteiger partial charge >= 0.3 is 6.18 Å². The summed E-state index contributed by atoms with van der Waals surface area (Å²) in [7, 11) is 0. The van der Waals surface area contributed by atoms with Gasteiger partial charge in [0.05, 0.1) is 11.3 Å². The summed E-state index contributed by atoms with van der Waals surface area (Å²) in [4.78, 5) is 4.08. The zero-order valence-corrected chi connectivity index (χ0v) is 11.3. The van der Waals surface area contributed by atoms with Gasteiger partial charge in [-0.2, -0.15) is 18.4 Å². The van der Waals surface area contributed by atoms with Crippen LogP contribution in [0, 0.1) is 11.3 Å². The first kappa shape index (κ1) is 15.6. The summed E-state index contributed by atoms with van der Waals surface area (Å²) >= 11 is 0. The second-order valence-corrected chi connectivity index (χ2v) is 4.36. The highest BCUT2D eigenvalue weighted by Crippen LogP contribution is 2.21. The van der Waals surface area contributed by atoms with Crippen molar-refractivity contribution in [2.75, 3.05) is 6.61 Å². The molecule has 2 rings (SSSR count). The van der Waals surface area contributed by atoms with Crippen LogP contribution in [0.2, 0.25) is 0 Å². The largest absolute Gasteiger partial charge is 0.484 e. The lowest BCUT2D eigenvalue weighted by atomic mass is 10.1. The number of hydrogen-bond acceptors (Lipinski definition) is 3. The predicted octanol–water partition coefficient (Wildman–Crippen LogP) is 4.09. The highest BCUT2D eigenvalue weighted by molar-refractivity contribution is 5.88. The molecule has 0 atom stereocenters. The molecule has 0 unspecified atom stereocenters. The first-order chi connectivity index (χ1) is 10.5. The molecule has 3 nitrogen and oxygen atoms in total. The van der Waals surface area contributed by atoms with E-state index in [9.17, 15) is 13.2 Å². The number of nitriles is 1. The van der Waals surface area contributed by atoms with E-state index in [0.717, 1.165) is 0 Å². The van der Waals surface area contributed by atoms with E-state index >= 15 is 0 Å². The van der Waals surface area contributed by atoms with Gasteiger partial charge in [0.1, 0.15) is 11.8 Å². The smallest absolute Gasteiger partial charge is 0.422 e. The molecule has 0 bridgehead atoms. The Balaban J connectivity index is 2.13. The summed E-state index contributed by atoms with van der Waals surface area (Å²) in [6.07, 6.45) is -1.18. The number of benzene rings is 1. The van der Waals surface area contributed by atoms with E-state index in [1.54, 1.807) is 42.6 Å². The Morgan fingerprint density at radius 3 is 2.45 bits per heavy atom. The minimum Gasteiger partial charge on any atom is -0.484 e. The molecule has 0 aliphatic rings. The second-order valence-electron chi connectivity index (χ2n) is 4.36. The minimum atomic E-state index is -4.37. The molecule has 1 aromatic heterocycles. The van der Waals surface area contributed by atoms with Crippen LogP contribution in [0.5, 0.6) is 5.75 Å². The highest BCUT2D eigenvalue weighted by Gasteiger charge is 2.28. The van der Waals surface area contributed by atoms with E-state index in [-0.39, 0.29) is 5.75 Å². The Morgan fingerprint density at radius 1 is 1.18 bits per heavy atom. The normalized spacial score (nSPS) is 11.8. The van der Waals surface area contributed by atoms with Crippen LogP contribution in [-0.2, 0) is 0 Å². The average Bonchev–Trinajstić information content (AvgIpc) is 2.52. The third-order valence-electron chi connectivity index (χ3n) is 2.65. The quantitative estimate of drug-likeness (QED) is 0.799. The number of aromatic nitrogens is 1. The molecule has 0 amide bonds. The highest BCUT2D eigenvalue weighted by atomic mass is 19.4. The molecule has 0 aliphatic heterocycles. The lowest BCUT2D eigenvalue weighted by molar-refractivity contribution is -0.153. The number of allylic oxidation sites excluding steroid dienone is 1. The third-order valence-corrected chi connectivity index (χ3v) is 2.65. The molecule has 0 saturated heterocycles. The molecular formula is C16H11F3N2O. The van der Waals surface area contributed by atoms with Crippen molar-refractivity contribution in [2.45, 2.75) is 6.18 Å². The van der Waals surface area contributed by atoms with Crippen LogP contribution in [0.1, 0.15) is 11.3 Å². The molecule has 0 aliphatic carbocycles. The Labute approximate surface area is 125 Å². The maximum Gasteiger partial charge on any atom is 0.422 e. The summed E-state index contributed by atoms with van der Waals surface area (Å²) in [5.41, 5.74) is 1.56. The van der Waals surface area contributed by atoms with Gasteiger partial charge in [-0.1, -0.05) is 18.2 Å². The van der Waals surface area contributed by atoms with Crippen molar-refractivity contribution in [3.63, 3.8) is 0 Å². The predicted molar refractivity (Wildman–Crippen MR) is 75.7 cm³/mol. The van der Waals surface area contributed by atoms with Crippen LogP contribution in [0.4, 0.5) is 13.2 Å². The van der Waals surface area contributed by atoms with E-state index in [4.69, 9.17) is 5.26 Å². The summed E-state index contributed by atoms with van der Waals surface area (Å²) in [6.45, 7) is -1.33. The molecule has 1 heterocycles. The number of nitrogens with zero attached hydrogens (tertiary/aromatic N) is 2. The van der Waals surface area contributed by atoms with Crippen LogP contribution in [0.25, 0.3) is 11.6 Å². The van der Waals surface area contributed by atoms with Crippen LogP contribution in [0.15, 0.2) is 48.7 Å². The summed E-state index contributed by atoms with van der Waals surface area (Å²) in [5.74, 6) is 0.116. The minimum absolute atomic E-state index is 0.116. The number of pyridine rings is 1. The number of alkyl halides is 3. The van der Waals surface area contributed by atoms with E-state index in [2.05, 4.69) is 9.72 Å². The molecule has 2 aromatic rings. The van der Waals surface area contributed by atoms with Crippen molar-refractivity contribution >= 4 is 11.6 Å². The van der Waals surface area contributed by atoms with Crippen LogP contribution in [-0.4, -0.2) is 17.8 Å². The van der Waals surface area contributed by atoms with Crippen LogP contribution < -0.4 is 4.74 Å². The lowest BCUT2D eigenvalue weighted by Gasteiger charge is -2.09. The molecule has 1 aromatic carbocycles. The molecule has 0 saturated carbocycles. The van der Waals surface area contributed by atoms with E-state index in [0.29, 0.717) is 16.8 Å². The van der Waals surface area contributed by atoms with E-state index in [1.807, 2.05) is 6.07 Å². The van der Waals surface area contributed by atoms with Gasteiger partial charge in [-0.05, 0) is 35.9 Å². The third kappa shape index (κ3) is 4.63. The molecule has 0 N–H and O–H groups in total. The van der Waals surface area contributed by atoms with Gasteiger partial charge < -0.3 is 4.74 Å². The van der Waals surface area contributed by atoms with Gasteiger partial charge in [-0.15, -0.1) is 0 Å². The summed E-state index contributed by atoms with van der Waals surface area (Å²) in [6, 6.07) is 13.3. The van der Waals surface area contributed by atoms with Crippen molar-refractivity contribution in [1.29, 1.82) is 5.26 Å². The standard InChI is InChI=1S/C16H11F3N2O/c17-16(18,19)11-22-14-6-4-12(5-7-14)9-13(10-20)15-3-1-2-8-21-15/h1-9H,11H2/b13-9-. The second kappa shape index (κ2) is 6.76. The van der Waals surface area contributed by atoms with Gasteiger partial charge in [0.25, 0.3) is 0 Å². The van der Waals surface area contributed by atoms with Crippen molar-refractivity contribution in [3.8, 4) is 11.8 Å². The lowest BCUT2D eigenvalue weighted by Crippen LogP contribution is -2.19. The Hall–Kier alpha value is -2.81. The van der Waals surface area contributed by atoms with Crippen LogP contribution in [0.3, 0.4) is 0 Å². The van der Waals surface area contributed by atoms with E-state index < -0.39 is 12.8 Å². The first-order valence-electron chi connectivity index (χ1n) is 6.31. The molecule has 0 spiro atoms. The number of hydrogen-bond donors (Lipinski definition) is 0. The molecular weight excluding hydrogens is 293 g/mol. The van der Waals surface area contributed by atoms with Crippen LogP contribution >= 0.6 is 0 Å². The van der Waals surface area contributed by atoms with Crippen molar-refractivity contribution in [2.24, 2.45) is 0 Å². The average molecular weight is 304 g/mol. The maximum atomic E-state index is 12.0. The Morgan fingerprint density at radius 2 is 1.91 bits per heavy atom. The molecule has 0 radical (unpaired) electrons. The fourth-order valence-corrected chi connectivity index (χ4v) is 1.68. The van der Waals surface area contributed by atoms with Crippen molar-refractivity contribution < 1.29 is 17.9 Å².